The van der Waals surface area contributed by atoms with Crippen molar-refractivity contribution in [3.63, 3.8) is 0 Å². The molecule has 2 N–H and O–H groups in total. The van der Waals surface area contributed by atoms with Crippen molar-refractivity contribution >= 4 is 0 Å². The van der Waals surface area contributed by atoms with E-state index in [9.17, 15) is 8.78 Å². The molecule has 2 unspecified atom stereocenters. The van der Waals surface area contributed by atoms with Crippen LogP contribution in [0.5, 0.6) is 0 Å². The molecule has 0 saturated heterocycles. The molecule has 2 atom stereocenters. The lowest BCUT2D eigenvalue weighted by Crippen LogP contribution is -2.43. The summed E-state index contributed by atoms with van der Waals surface area (Å²) in [6.07, 6.45) is 0. The topological polar surface area (TPSA) is 29.3 Å². The maximum Gasteiger partial charge on any atom is 0.126 e. The first-order valence-electron chi connectivity index (χ1n) is 6.54. The smallest absolute Gasteiger partial charge is 0.126 e. The van der Waals surface area contributed by atoms with Gasteiger partial charge in [0.15, 0.2) is 0 Å². The quantitative estimate of drug-likeness (QED) is 0.909. The van der Waals surface area contributed by atoms with Crippen LogP contribution >= 0.6 is 0 Å². The number of hydrogen-bond donors (Lipinski definition) is 1. The molecule has 0 spiro atoms. The molecule has 0 aromatic heterocycles. The predicted octanol–water partition coefficient (Wildman–Crippen LogP) is 3.33. The van der Waals surface area contributed by atoms with E-state index in [1.807, 2.05) is 7.05 Å². The van der Waals surface area contributed by atoms with Gasteiger partial charge in [0.05, 0.1) is 0 Å². The average Bonchev–Trinajstić information content (AvgIpc) is 2.26. The van der Waals surface area contributed by atoms with Crippen LogP contribution in [-0.4, -0.2) is 24.5 Å². The van der Waals surface area contributed by atoms with E-state index in [1.165, 1.54) is 12.1 Å². The third-order valence-corrected chi connectivity index (χ3v) is 3.85. The number of benzene rings is 1. The molecule has 0 aliphatic rings. The summed E-state index contributed by atoms with van der Waals surface area (Å²) >= 11 is 0. The Hall–Kier alpha value is -1.00. The van der Waals surface area contributed by atoms with Crippen molar-refractivity contribution in [2.24, 2.45) is 11.1 Å². The Balaban J connectivity index is 3.06. The minimum Gasteiger partial charge on any atom is -0.329 e. The monoisotopic (exact) mass is 270 g/mol. The van der Waals surface area contributed by atoms with Gasteiger partial charge >= 0.3 is 0 Å². The fourth-order valence-corrected chi connectivity index (χ4v) is 2.19. The second-order valence-corrected chi connectivity index (χ2v) is 6.16. The van der Waals surface area contributed by atoms with E-state index in [2.05, 4.69) is 32.6 Å². The van der Waals surface area contributed by atoms with Gasteiger partial charge in [-0.05, 0) is 37.1 Å². The minimum absolute atomic E-state index is 0.0635. The van der Waals surface area contributed by atoms with Gasteiger partial charge in [0.25, 0.3) is 0 Å². The molecule has 0 bridgehead atoms. The zero-order valence-electron chi connectivity index (χ0n) is 12.4. The van der Waals surface area contributed by atoms with Crippen LogP contribution in [0.4, 0.5) is 8.78 Å². The minimum atomic E-state index is -0.565. The van der Waals surface area contributed by atoms with Crippen LogP contribution in [0, 0.1) is 17.0 Å². The first-order valence-corrected chi connectivity index (χ1v) is 6.54. The highest BCUT2D eigenvalue weighted by atomic mass is 19.1. The third-order valence-electron chi connectivity index (χ3n) is 3.85. The molecule has 1 rings (SSSR count). The first-order chi connectivity index (χ1) is 8.66. The lowest BCUT2D eigenvalue weighted by atomic mass is 9.86. The van der Waals surface area contributed by atoms with Crippen LogP contribution in [0.25, 0.3) is 0 Å². The van der Waals surface area contributed by atoms with Gasteiger partial charge in [0.1, 0.15) is 11.6 Å². The van der Waals surface area contributed by atoms with Gasteiger partial charge < -0.3 is 5.73 Å². The molecule has 19 heavy (non-hydrogen) atoms. The standard InChI is InChI=1S/C15H24F2N2/c1-10(15(2,3)4)19(5)14(9-18)11-6-12(16)8-13(17)7-11/h6-8,10,14H,9,18H2,1-5H3. The Bertz CT molecular complexity index is 406. The molecule has 4 heteroatoms. The van der Waals surface area contributed by atoms with E-state index in [-0.39, 0.29) is 17.5 Å². The molecule has 0 aliphatic heterocycles. The van der Waals surface area contributed by atoms with Gasteiger partial charge in [-0.3, -0.25) is 4.90 Å². The summed E-state index contributed by atoms with van der Waals surface area (Å²) in [4.78, 5) is 2.08. The van der Waals surface area contributed by atoms with Crippen molar-refractivity contribution in [3.05, 3.63) is 35.4 Å². The molecule has 0 saturated carbocycles. The highest BCUT2D eigenvalue weighted by Gasteiger charge is 2.29. The lowest BCUT2D eigenvalue weighted by Gasteiger charge is -2.40. The van der Waals surface area contributed by atoms with Crippen LogP contribution in [0.2, 0.25) is 0 Å². The maximum absolute atomic E-state index is 13.3. The zero-order valence-corrected chi connectivity index (χ0v) is 12.4. The fraction of sp³-hybridized carbons (Fsp3) is 0.600. The van der Waals surface area contributed by atoms with E-state index < -0.39 is 11.6 Å². The summed E-state index contributed by atoms with van der Waals surface area (Å²) in [5.74, 6) is -1.13. The van der Waals surface area contributed by atoms with E-state index in [0.717, 1.165) is 6.07 Å². The SMILES string of the molecule is CC(N(C)C(CN)c1cc(F)cc(F)c1)C(C)(C)C. The second kappa shape index (κ2) is 5.97. The van der Waals surface area contributed by atoms with Crippen molar-refractivity contribution in [1.82, 2.24) is 4.90 Å². The maximum atomic E-state index is 13.3. The molecule has 1 aromatic carbocycles. The van der Waals surface area contributed by atoms with Gasteiger partial charge in [0.2, 0.25) is 0 Å². The third kappa shape index (κ3) is 3.98. The van der Waals surface area contributed by atoms with Crippen LogP contribution < -0.4 is 5.73 Å². The molecule has 0 radical (unpaired) electrons. The van der Waals surface area contributed by atoms with E-state index in [4.69, 9.17) is 5.73 Å². The fourth-order valence-electron chi connectivity index (χ4n) is 2.19. The van der Waals surface area contributed by atoms with Crippen LogP contribution in [0.1, 0.15) is 39.3 Å². The molecule has 0 aliphatic carbocycles. The van der Waals surface area contributed by atoms with Crippen molar-refractivity contribution in [1.29, 1.82) is 0 Å². The van der Waals surface area contributed by atoms with Crippen molar-refractivity contribution < 1.29 is 8.78 Å². The average molecular weight is 270 g/mol. The summed E-state index contributed by atoms with van der Waals surface area (Å²) in [5.41, 5.74) is 6.45. The summed E-state index contributed by atoms with van der Waals surface area (Å²) in [5, 5.41) is 0. The lowest BCUT2D eigenvalue weighted by molar-refractivity contribution is 0.0998. The Morgan fingerprint density at radius 1 is 1.16 bits per heavy atom. The van der Waals surface area contributed by atoms with Gasteiger partial charge in [-0.2, -0.15) is 0 Å². The first kappa shape index (κ1) is 16.1. The number of hydrogen-bond acceptors (Lipinski definition) is 2. The van der Waals surface area contributed by atoms with Crippen molar-refractivity contribution in [2.75, 3.05) is 13.6 Å². The molecule has 0 amide bonds. The molecular weight excluding hydrogens is 246 g/mol. The van der Waals surface area contributed by atoms with Gasteiger partial charge in [0, 0.05) is 24.7 Å². The van der Waals surface area contributed by atoms with Crippen molar-refractivity contribution in [3.8, 4) is 0 Å². The molecule has 1 aromatic rings. The second-order valence-electron chi connectivity index (χ2n) is 6.16. The highest BCUT2D eigenvalue weighted by Crippen LogP contribution is 2.30. The molecule has 2 nitrogen and oxygen atoms in total. The summed E-state index contributed by atoms with van der Waals surface area (Å²) < 4.78 is 26.6. The summed E-state index contributed by atoms with van der Waals surface area (Å²) in [7, 11) is 1.94. The number of nitrogens with zero attached hydrogens (tertiary/aromatic N) is 1. The van der Waals surface area contributed by atoms with Crippen LogP contribution in [0.15, 0.2) is 18.2 Å². The Morgan fingerprint density at radius 2 is 1.63 bits per heavy atom. The van der Waals surface area contributed by atoms with Crippen LogP contribution in [0.3, 0.4) is 0 Å². The number of rotatable bonds is 4. The van der Waals surface area contributed by atoms with E-state index >= 15 is 0 Å². The highest BCUT2D eigenvalue weighted by molar-refractivity contribution is 5.22. The summed E-state index contributed by atoms with van der Waals surface area (Å²) in [6.45, 7) is 8.81. The number of nitrogens with two attached hydrogens (primary N) is 1. The number of likely N-dealkylation sites (N-methyl/N-ethyl adjacent to an activating group) is 1. The Morgan fingerprint density at radius 3 is 2.00 bits per heavy atom. The normalized spacial score (nSPS) is 15.6. The van der Waals surface area contributed by atoms with Gasteiger partial charge in [-0.15, -0.1) is 0 Å². The Kier molecular flexibility index (Phi) is 5.04. The molecule has 0 heterocycles. The van der Waals surface area contributed by atoms with E-state index in [1.54, 1.807) is 0 Å². The molecule has 0 fully saturated rings. The van der Waals surface area contributed by atoms with Crippen LogP contribution in [-0.2, 0) is 0 Å². The summed E-state index contributed by atoms with van der Waals surface area (Å²) in [6, 6.07) is 3.62. The van der Waals surface area contributed by atoms with E-state index in [0.29, 0.717) is 12.1 Å². The van der Waals surface area contributed by atoms with Crippen molar-refractivity contribution in [2.45, 2.75) is 39.8 Å². The molecule has 108 valence electrons. The predicted molar refractivity (Wildman–Crippen MR) is 74.8 cm³/mol. The van der Waals surface area contributed by atoms with Gasteiger partial charge in [-0.25, -0.2) is 8.78 Å². The van der Waals surface area contributed by atoms with Gasteiger partial charge in [-0.1, -0.05) is 20.8 Å². The molecular formula is C15H24F2N2. The largest absolute Gasteiger partial charge is 0.329 e. The Labute approximate surface area is 114 Å². The zero-order chi connectivity index (χ0) is 14.8. The number of halogens is 2.